The quantitative estimate of drug-likeness (QED) is 0.902. The van der Waals surface area contributed by atoms with Gasteiger partial charge in [0.25, 0.3) is 5.56 Å². The first-order chi connectivity index (χ1) is 9.45. The van der Waals surface area contributed by atoms with E-state index in [9.17, 15) is 4.79 Å². The monoisotopic (exact) mass is 335 g/mol. The van der Waals surface area contributed by atoms with Crippen LogP contribution < -0.4 is 10.9 Å². The Hall–Kier alpha value is -1.46. The molecule has 0 saturated heterocycles. The molecule has 0 aliphatic carbocycles. The summed E-state index contributed by atoms with van der Waals surface area (Å²) < 4.78 is 0.926. The number of hydrogen-bond acceptors (Lipinski definition) is 3. The molecule has 0 fully saturated rings. The predicted octanol–water partition coefficient (Wildman–Crippen LogP) is 3.01. The summed E-state index contributed by atoms with van der Waals surface area (Å²) in [7, 11) is 0. The van der Waals surface area contributed by atoms with Gasteiger partial charge in [0.05, 0.1) is 5.69 Å². The molecule has 1 aromatic heterocycles. The lowest BCUT2D eigenvalue weighted by Gasteiger charge is -2.09. The molecule has 106 valence electrons. The number of nitrogens with one attached hydrogen (secondary N) is 2. The van der Waals surface area contributed by atoms with Gasteiger partial charge in [0.15, 0.2) is 0 Å². The molecule has 0 atom stereocenters. The summed E-state index contributed by atoms with van der Waals surface area (Å²) in [6.07, 6.45) is 0. The largest absolute Gasteiger partial charge is 0.309 e. The second-order valence-electron chi connectivity index (χ2n) is 5.10. The maximum Gasteiger partial charge on any atom is 0.251 e. The summed E-state index contributed by atoms with van der Waals surface area (Å²) in [4.78, 5) is 19.1. The number of aromatic amines is 1. The summed E-state index contributed by atoms with van der Waals surface area (Å²) >= 11 is 3.52. The molecule has 1 heterocycles. The normalized spacial score (nSPS) is 11.1. The van der Waals surface area contributed by atoms with Crippen LogP contribution in [0.4, 0.5) is 0 Å². The summed E-state index contributed by atoms with van der Waals surface area (Å²) in [5, 5.41) is 3.26. The molecular weight excluding hydrogens is 318 g/mol. The van der Waals surface area contributed by atoms with Gasteiger partial charge in [-0.2, -0.15) is 0 Å². The number of hydrogen-bond donors (Lipinski definition) is 2. The van der Waals surface area contributed by atoms with Crippen LogP contribution in [0.3, 0.4) is 0 Å². The van der Waals surface area contributed by atoms with Gasteiger partial charge in [0.1, 0.15) is 5.82 Å². The van der Waals surface area contributed by atoms with Gasteiger partial charge in [-0.3, -0.25) is 4.79 Å². The van der Waals surface area contributed by atoms with Crippen molar-refractivity contribution in [3.05, 3.63) is 50.3 Å². The molecule has 0 spiro atoms. The van der Waals surface area contributed by atoms with Gasteiger partial charge in [0, 0.05) is 28.7 Å². The summed E-state index contributed by atoms with van der Waals surface area (Å²) in [5.41, 5.74) is 2.65. The molecule has 1 aromatic carbocycles. The maximum absolute atomic E-state index is 11.8. The Bertz CT molecular complexity index is 664. The predicted molar refractivity (Wildman–Crippen MR) is 84.7 cm³/mol. The Morgan fingerprint density at radius 3 is 2.75 bits per heavy atom. The van der Waals surface area contributed by atoms with Crippen LogP contribution >= 0.6 is 15.9 Å². The fraction of sp³-hybridized carbons (Fsp3) is 0.333. The minimum Gasteiger partial charge on any atom is -0.309 e. The fourth-order valence-corrected chi connectivity index (χ4v) is 2.53. The van der Waals surface area contributed by atoms with E-state index in [4.69, 9.17) is 0 Å². The van der Waals surface area contributed by atoms with Crippen molar-refractivity contribution in [1.82, 2.24) is 15.3 Å². The molecule has 2 aromatic rings. The minimum atomic E-state index is -0.136. The van der Waals surface area contributed by atoms with E-state index in [1.807, 2.05) is 25.1 Å². The highest BCUT2D eigenvalue weighted by Crippen LogP contribution is 2.25. The number of rotatable bonds is 4. The zero-order valence-electron chi connectivity index (χ0n) is 11.8. The van der Waals surface area contributed by atoms with E-state index >= 15 is 0 Å². The van der Waals surface area contributed by atoms with Crippen LogP contribution in [0.25, 0.3) is 11.4 Å². The van der Waals surface area contributed by atoms with Gasteiger partial charge in [-0.15, -0.1) is 0 Å². The smallest absolute Gasteiger partial charge is 0.251 e. The van der Waals surface area contributed by atoms with Crippen LogP contribution in [-0.2, 0) is 6.54 Å². The van der Waals surface area contributed by atoms with Gasteiger partial charge >= 0.3 is 0 Å². The highest BCUT2D eigenvalue weighted by Gasteiger charge is 2.08. The van der Waals surface area contributed by atoms with Crippen LogP contribution in [0.5, 0.6) is 0 Å². The number of H-pyrrole nitrogens is 1. The third-order valence-electron chi connectivity index (χ3n) is 2.87. The molecule has 4 nitrogen and oxygen atoms in total. The lowest BCUT2D eigenvalue weighted by atomic mass is 10.1. The van der Waals surface area contributed by atoms with Crippen molar-refractivity contribution < 1.29 is 0 Å². The van der Waals surface area contributed by atoms with Gasteiger partial charge in [0.2, 0.25) is 0 Å². The minimum absolute atomic E-state index is 0.136. The van der Waals surface area contributed by atoms with Crippen LogP contribution in [0.1, 0.15) is 25.1 Å². The average molecular weight is 336 g/mol. The molecule has 0 saturated carbocycles. The molecule has 2 rings (SSSR count). The van der Waals surface area contributed by atoms with Gasteiger partial charge in [-0.25, -0.2) is 4.98 Å². The van der Waals surface area contributed by atoms with E-state index in [1.165, 1.54) is 6.07 Å². The van der Waals surface area contributed by atoms with E-state index in [0.717, 1.165) is 21.3 Å². The Labute approximate surface area is 126 Å². The van der Waals surface area contributed by atoms with Crippen LogP contribution in [0, 0.1) is 6.92 Å². The first-order valence-electron chi connectivity index (χ1n) is 6.56. The van der Waals surface area contributed by atoms with E-state index in [0.29, 0.717) is 18.4 Å². The second-order valence-corrected chi connectivity index (χ2v) is 5.96. The van der Waals surface area contributed by atoms with E-state index in [1.54, 1.807) is 0 Å². The third-order valence-corrected chi connectivity index (χ3v) is 3.52. The molecule has 0 bridgehead atoms. The Morgan fingerprint density at radius 2 is 2.10 bits per heavy atom. The van der Waals surface area contributed by atoms with Crippen molar-refractivity contribution in [1.29, 1.82) is 0 Å². The molecule has 5 heteroatoms. The Balaban J connectivity index is 2.39. The number of aryl methyl sites for hydroxylation is 1. The van der Waals surface area contributed by atoms with Crippen LogP contribution in [0.2, 0.25) is 0 Å². The maximum atomic E-state index is 11.8. The van der Waals surface area contributed by atoms with Crippen molar-refractivity contribution in [2.24, 2.45) is 0 Å². The standard InChI is InChI=1S/C15H18BrN3O/c1-9(2)17-8-11-7-14(20)19-15(18-11)12-5-4-10(3)6-13(12)16/h4-7,9,17H,8H2,1-3H3,(H,18,19,20). The number of halogens is 1. The van der Waals surface area contributed by atoms with Crippen molar-refractivity contribution in [3.63, 3.8) is 0 Å². The molecular formula is C15H18BrN3O. The highest BCUT2D eigenvalue weighted by atomic mass is 79.9. The molecule has 20 heavy (non-hydrogen) atoms. The van der Waals surface area contributed by atoms with Crippen LogP contribution in [0.15, 0.2) is 33.5 Å². The third kappa shape index (κ3) is 3.77. The summed E-state index contributed by atoms with van der Waals surface area (Å²) in [6.45, 7) is 6.72. The van der Waals surface area contributed by atoms with Gasteiger partial charge < -0.3 is 10.3 Å². The van der Waals surface area contributed by atoms with Gasteiger partial charge in [-0.1, -0.05) is 35.8 Å². The molecule has 0 unspecified atom stereocenters. The van der Waals surface area contributed by atoms with Gasteiger partial charge in [-0.05, 0) is 24.6 Å². The summed E-state index contributed by atoms with van der Waals surface area (Å²) in [5.74, 6) is 0.588. The van der Waals surface area contributed by atoms with Crippen molar-refractivity contribution in [3.8, 4) is 11.4 Å². The first-order valence-corrected chi connectivity index (χ1v) is 7.35. The second kappa shape index (κ2) is 6.33. The number of aromatic nitrogens is 2. The van der Waals surface area contributed by atoms with E-state index in [2.05, 4.69) is 45.1 Å². The van der Waals surface area contributed by atoms with Crippen molar-refractivity contribution in [2.75, 3.05) is 0 Å². The summed E-state index contributed by atoms with van der Waals surface area (Å²) in [6, 6.07) is 7.84. The zero-order chi connectivity index (χ0) is 14.7. The molecule has 0 aliphatic rings. The SMILES string of the molecule is Cc1ccc(-c2nc(CNC(C)C)cc(=O)[nH]2)c(Br)c1. The topological polar surface area (TPSA) is 57.8 Å². The highest BCUT2D eigenvalue weighted by molar-refractivity contribution is 9.10. The number of nitrogens with zero attached hydrogens (tertiary/aromatic N) is 1. The van der Waals surface area contributed by atoms with E-state index < -0.39 is 0 Å². The van der Waals surface area contributed by atoms with E-state index in [-0.39, 0.29) is 5.56 Å². The molecule has 0 aliphatic heterocycles. The van der Waals surface area contributed by atoms with Crippen molar-refractivity contribution >= 4 is 15.9 Å². The lowest BCUT2D eigenvalue weighted by Crippen LogP contribution is -2.24. The Morgan fingerprint density at radius 1 is 1.35 bits per heavy atom. The fourth-order valence-electron chi connectivity index (χ4n) is 1.85. The molecule has 0 amide bonds. The van der Waals surface area contributed by atoms with Crippen LogP contribution in [-0.4, -0.2) is 16.0 Å². The van der Waals surface area contributed by atoms with Crippen molar-refractivity contribution in [2.45, 2.75) is 33.4 Å². The molecule has 0 radical (unpaired) electrons. The average Bonchev–Trinajstić information content (AvgIpc) is 2.35. The lowest BCUT2D eigenvalue weighted by molar-refractivity contribution is 0.580. The zero-order valence-corrected chi connectivity index (χ0v) is 13.4. The number of benzene rings is 1. The Kier molecular flexibility index (Phi) is 4.73. The first kappa shape index (κ1) is 14.9. The molecule has 2 N–H and O–H groups in total.